The van der Waals surface area contributed by atoms with Crippen molar-refractivity contribution in [3.05, 3.63) is 59.2 Å². The number of carbonyl (C=O) groups is 1. The van der Waals surface area contributed by atoms with Gasteiger partial charge in [0.05, 0.1) is 24.3 Å². The summed E-state index contributed by atoms with van der Waals surface area (Å²) in [5, 5.41) is 8.91. The van der Waals surface area contributed by atoms with Crippen LogP contribution in [-0.4, -0.2) is 33.8 Å². The summed E-state index contributed by atoms with van der Waals surface area (Å²) >= 11 is 0. The number of carbonyl (C=O) groups excluding carboxylic acids is 1. The number of methoxy groups -OCH3 is 1. The zero-order valence-corrected chi connectivity index (χ0v) is 17.4. The zero-order chi connectivity index (χ0) is 21.7. The Morgan fingerprint density at radius 3 is 2.60 bits per heavy atom. The summed E-state index contributed by atoms with van der Waals surface area (Å²) in [5.41, 5.74) is 8.89. The fraction of sp³-hybridized carbons (Fsp3) is 0.391. The van der Waals surface area contributed by atoms with Gasteiger partial charge in [0, 0.05) is 18.9 Å². The van der Waals surface area contributed by atoms with Crippen molar-refractivity contribution in [3.63, 3.8) is 0 Å². The van der Waals surface area contributed by atoms with Gasteiger partial charge in [-0.15, -0.1) is 0 Å². The first-order chi connectivity index (χ1) is 14.4. The van der Waals surface area contributed by atoms with E-state index in [2.05, 4.69) is 4.98 Å². The van der Waals surface area contributed by atoms with Gasteiger partial charge in [-0.25, -0.2) is 4.39 Å². The van der Waals surface area contributed by atoms with Crippen LogP contribution >= 0.6 is 0 Å². The Kier molecular flexibility index (Phi) is 7.05. The molecule has 160 valence electrons. The van der Waals surface area contributed by atoms with Crippen molar-refractivity contribution in [1.82, 2.24) is 9.55 Å². The average molecular weight is 413 g/mol. The molecule has 0 atom stereocenters. The first-order valence-corrected chi connectivity index (χ1v) is 10.2. The molecule has 0 unspecified atom stereocenters. The first-order valence-electron chi connectivity index (χ1n) is 10.2. The quantitative estimate of drug-likeness (QED) is 0.678. The van der Waals surface area contributed by atoms with Crippen molar-refractivity contribution >= 4 is 16.9 Å². The number of aromatic nitrogens is 2. The maximum absolute atomic E-state index is 13.9. The SMILES string of the molecule is COc1ccc(Cn2cc(C(N)=O)c3nccc(C)c32)cc1F.OC1CCCCC1. The Morgan fingerprint density at radius 1 is 1.30 bits per heavy atom. The molecule has 2 aromatic heterocycles. The molecule has 1 aromatic carbocycles. The number of benzene rings is 1. The van der Waals surface area contributed by atoms with Gasteiger partial charge in [-0.05, 0) is 49.1 Å². The van der Waals surface area contributed by atoms with Crippen LogP contribution in [-0.2, 0) is 6.54 Å². The van der Waals surface area contributed by atoms with Crippen molar-refractivity contribution in [2.45, 2.75) is 51.7 Å². The van der Waals surface area contributed by atoms with Crippen molar-refractivity contribution < 1.29 is 19.0 Å². The highest BCUT2D eigenvalue weighted by Crippen LogP contribution is 2.25. The second kappa shape index (κ2) is 9.71. The van der Waals surface area contributed by atoms with E-state index in [1.807, 2.05) is 17.6 Å². The van der Waals surface area contributed by atoms with Crippen LogP contribution in [0.15, 0.2) is 36.7 Å². The topological polar surface area (TPSA) is 90.4 Å². The average Bonchev–Trinajstić information content (AvgIpc) is 3.09. The molecule has 6 nitrogen and oxygen atoms in total. The highest BCUT2D eigenvalue weighted by Gasteiger charge is 2.16. The van der Waals surface area contributed by atoms with Crippen LogP contribution in [0.3, 0.4) is 0 Å². The van der Waals surface area contributed by atoms with E-state index in [-0.39, 0.29) is 11.9 Å². The van der Waals surface area contributed by atoms with Crippen LogP contribution in [0, 0.1) is 12.7 Å². The number of pyridine rings is 1. The molecule has 4 rings (SSSR count). The summed E-state index contributed by atoms with van der Waals surface area (Å²) in [6.45, 7) is 2.33. The summed E-state index contributed by atoms with van der Waals surface area (Å²) in [5.74, 6) is -0.763. The smallest absolute Gasteiger partial charge is 0.252 e. The minimum atomic E-state index is -0.534. The van der Waals surface area contributed by atoms with E-state index in [0.29, 0.717) is 17.6 Å². The van der Waals surface area contributed by atoms with Gasteiger partial charge in [-0.2, -0.15) is 0 Å². The normalized spacial score (nSPS) is 14.3. The van der Waals surface area contributed by atoms with E-state index in [9.17, 15) is 9.18 Å². The van der Waals surface area contributed by atoms with E-state index < -0.39 is 11.7 Å². The van der Waals surface area contributed by atoms with Gasteiger partial charge in [0.1, 0.15) is 5.52 Å². The maximum Gasteiger partial charge on any atom is 0.252 e. The number of fused-ring (bicyclic) bond motifs is 1. The predicted molar refractivity (Wildman–Crippen MR) is 114 cm³/mol. The fourth-order valence-electron chi connectivity index (χ4n) is 3.78. The molecule has 1 aliphatic carbocycles. The third kappa shape index (κ3) is 4.97. The molecule has 1 aliphatic rings. The van der Waals surface area contributed by atoms with Gasteiger partial charge in [-0.1, -0.05) is 25.3 Å². The lowest BCUT2D eigenvalue weighted by atomic mass is 9.98. The van der Waals surface area contributed by atoms with Crippen molar-refractivity contribution in [3.8, 4) is 5.75 Å². The zero-order valence-electron chi connectivity index (χ0n) is 17.4. The molecule has 30 heavy (non-hydrogen) atoms. The molecule has 0 saturated heterocycles. The lowest BCUT2D eigenvalue weighted by Crippen LogP contribution is -2.10. The predicted octanol–water partition coefficient (Wildman–Crippen LogP) is 3.95. The molecule has 2 heterocycles. The van der Waals surface area contributed by atoms with Crippen molar-refractivity contribution in [1.29, 1.82) is 0 Å². The van der Waals surface area contributed by atoms with Crippen LogP contribution < -0.4 is 10.5 Å². The monoisotopic (exact) mass is 413 g/mol. The summed E-state index contributed by atoms with van der Waals surface area (Å²) in [6, 6.07) is 6.64. The number of aliphatic hydroxyl groups excluding tert-OH is 1. The molecular formula is C23H28FN3O3. The van der Waals surface area contributed by atoms with Gasteiger partial charge in [0.15, 0.2) is 11.6 Å². The minimum absolute atomic E-state index is 0.0359. The second-order valence-electron chi connectivity index (χ2n) is 7.62. The Hall–Kier alpha value is -2.93. The molecule has 3 aromatic rings. The lowest BCUT2D eigenvalue weighted by Gasteiger charge is -2.14. The molecular weight excluding hydrogens is 385 g/mol. The van der Waals surface area contributed by atoms with Gasteiger partial charge >= 0.3 is 0 Å². The maximum atomic E-state index is 13.9. The molecule has 3 N–H and O–H groups in total. The highest BCUT2D eigenvalue weighted by atomic mass is 19.1. The number of rotatable bonds is 4. The van der Waals surface area contributed by atoms with Gasteiger partial charge in [0.25, 0.3) is 5.91 Å². The number of halogens is 1. The van der Waals surface area contributed by atoms with E-state index in [4.69, 9.17) is 15.6 Å². The molecule has 1 fully saturated rings. The van der Waals surface area contributed by atoms with E-state index >= 15 is 0 Å². The minimum Gasteiger partial charge on any atom is -0.494 e. The Labute approximate surface area is 175 Å². The summed E-state index contributed by atoms with van der Waals surface area (Å²) in [4.78, 5) is 15.9. The molecule has 1 saturated carbocycles. The number of aliphatic hydroxyl groups is 1. The van der Waals surface area contributed by atoms with Crippen molar-refractivity contribution in [2.75, 3.05) is 7.11 Å². The van der Waals surface area contributed by atoms with E-state index in [1.54, 1.807) is 24.5 Å². The summed E-state index contributed by atoms with van der Waals surface area (Å²) in [7, 11) is 1.42. The standard InChI is InChI=1S/C17H16FN3O2.C6H12O/c1-10-5-6-20-15-12(17(19)22)9-21(16(10)15)8-11-3-4-14(23-2)13(18)7-11;7-6-4-2-1-3-5-6/h3-7,9H,8H2,1-2H3,(H2,19,22);6-7H,1-5H2. The third-order valence-electron chi connectivity index (χ3n) is 5.36. The highest BCUT2D eigenvalue weighted by molar-refractivity contribution is 6.05. The van der Waals surface area contributed by atoms with Crippen LogP contribution in [0.2, 0.25) is 0 Å². The molecule has 1 amide bonds. The van der Waals surface area contributed by atoms with Crippen LogP contribution in [0.4, 0.5) is 4.39 Å². The molecule has 0 aliphatic heterocycles. The number of nitrogens with two attached hydrogens (primary N) is 1. The first kappa shape index (κ1) is 21.8. The number of hydrogen-bond donors (Lipinski definition) is 2. The number of primary amides is 1. The number of hydrogen-bond acceptors (Lipinski definition) is 4. The van der Waals surface area contributed by atoms with Crippen LogP contribution in [0.25, 0.3) is 11.0 Å². The number of ether oxygens (including phenoxy) is 1. The van der Waals surface area contributed by atoms with Gasteiger partial charge in [0.2, 0.25) is 0 Å². The molecule has 0 bridgehead atoms. The summed E-state index contributed by atoms with van der Waals surface area (Å²) in [6.07, 6.45) is 9.23. The molecule has 0 spiro atoms. The largest absolute Gasteiger partial charge is 0.494 e. The summed E-state index contributed by atoms with van der Waals surface area (Å²) < 4.78 is 20.6. The Morgan fingerprint density at radius 2 is 2.03 bits per heavy atom. The number of nitrogens with zero attached hydrogens (tertiary/aromatic N) is 2. The fourth-order valence-corrected chi connectivity index (χ4v) is 3.78. The van der Waals surface area contributed by atoms with Crippen molar-refractivity contribution in [2.24, 2.45) is 5.73 Å². The Balaban J connectivity index is 0.000000310. The third-order valence-corrected chi connectivity index (χ3v) is 5.36. The second-order valence-corrected chi connectivity index (χ2v) is 7.62. The van der Waals surface area contributed by atoms with Crippen LogP contribution in [0.1, 0.15) is 53.6 Å². The van der Waals surface area contributed by atoms with E-state index in [0.717, 1.165) is 29.5 Å². The van der Waals surface area contributed by atoms with Gasteiger partial charge < -0.3 is 20.1 Å². The Bertz CT molecular complexity index is 1030. The van der Waals surface area contributed by atoms with E-state index in [1.165, 1.54) is 32.4 Å². The number of amides is 1. The molecule has 7 heteroatoms. The lowest BCUT2D eigenvalue weighted by molar-refractivity contribution is 0.100. The van der Waals surface area contributed by atoms with Crippen LogP contribution in [0.5, 0.6) is 5.75 Å². The van der Waals surface area contributed by atoms with Gasteiger partial charge in [-0.3, -0.25) is 9.78 Å². The molecule has 0 radical (unpaired) electrons. The number of aryl methyl sites for hydroxylation is 1.